The first-order chi connectivity index (χ1) is 17.3. The van der Waals surface area contributed by atoms with Gasteiger partial charge < -0.3 is 4.98 Å². The molecule has 2 aliphatic heterocycles. The molecule has 1 fully saturated rings. The average Bonchev–Trinajstić information content (AvgIpc) is 3.22. The van der Waals surface area contributed by atoms with E-state index in [1.54, 1.807) is 26.0 Å². The van der Waals surface area contributed by atoms with Gasteiger partial charge in [0.15, 0.2) is 9.84 Å². The molecule has 1 aromatic heterocycles. The SMILES string of the molecule is CC1CC(c2c[nH]c3cc(F)ccc23)CCN1CCN1c2ccc(S(C)(=O)=O)cc2CC(C)(C)S1(=O)=O. The monoisotopic (exact) mass is 547 g/mol. The van der Waals surface area contributed by atoms with Gasteiger partial charge >= 0.3 is 0 Å². The molecule has 37 heavy (non-hydrogen) atoms. The number of sulfonamides is 1. The highest BCUT2D eigenvalue weighted by Gasteiger charge is 2.45. The number of aromatic amines is 1. The number of hydrogen-bond acceptors (Lipinski definition) is 5. The van der Waals surface area contributed by atoms with Crippen LogP contribution in [0.5, 0.6) is 0 Å². The normalized spacial score (nSPS) is 23.8. The Hall–Kier alpha value is -2.43. The molecule has 3 heterocycles. The van der Waals surface area contributed by atoms with E-state index in [9.17, 15) is 21.2 Å². The van der Waals surface area contributed by atoms with Crippen molar-refractivity contribution in [2.75, 3.05) is 30.2 Å². The van der Waals surface area contributed by atoms with Crippen molar-refractivity contribution in [3.05, 3.63) is 59.5 Å². The molecule has 0 amide bonds. The minimum atomic E-state index is -3.63. The van der Waals surface area contributed by atoms with Gasteiger partial charge in [-0.25, -0.2) is 21.2 Å². The van der Waals surface area contributed by atoms with Crippen LogP contribution < -0.4 is 4.31 Å². The van der Waals surface area contributed by atoms with Gasteiger partial charge in [0, 0.05) is 42.5 Å². The summed E-state index contributed by atoms with van der Waals surface area (Å²) in [6.07, 6.45) is 5.27. The van der Waals surface area contributed by atoms with Gasteiger partial charge in [-0.1, -0.05) is 0 Å². The lowest BCUT2D eigenvalue weighted by Crippen LogP contribution is -2.53. The maximum Gasteiger partial charge on any atom is 0.240 e. The van der Waals surface area contributed by atoms with Crippen LogP contribution in [0.3, 0.4) is 0 Å². The van der Waals surface area contributed by atoms with E-state index < -0.39 is 24.6 Å². The second kappa shape index (κ2) is 9.10. The zero-order valence-electron chi connectivity index (χ0n) is 21.7. The van der Waals surface area contributed by atoms with Crippen LogP contribution in [0.2, 0.25) is 0 Å². The molecule has 1 saturated heterocycles. The van der Waals surface area contributed by atoms with E-state index in [1.807, 2.05) is 12.3 Å². The molecule has 7 nitrogen and oxygen atoms in total. The topological polar surface area (TPSA) is 90.6 Å². The fourth-order valence-electron chi connectivity index (χ4n) is 5.91. The molecular weight excluding hydrogens is 513 g/mol. The fourth-order valence-corrected chi connectivity index (χ4v) is 8.27. The number of nitrogens with one attached hydrogen (secondary N) is 1. The van der Waals surface area contributed by atoms with Crippen LogP contribution >= 0.6 is 0 Å². The van der Waals surface area contributed by atoms with Crippen LogP contribution in [0.15, 0.2) is 47.5 Å². The highest BCUT2D eigenvalue weighted by atomic mass is 32.2. The maximum atomic E-state index is 13.6. The van der Waals surface area contributed by atoms with Crippen LogP contribution in [-0.4, -0.2) is 63.4 Å². The van der Waals surface area contributed by atoms with Crippen molar-refractivity contribution in [2.24, 2.45) is 0 Å². The number of H-pyrrole nitrogens is 1. The molecular formula is C27H34FN3O4S2. The minimum Gasteiger partial charge on any atom is -0.361 e. The molecule has 0 saturated carbocycles. The molecule has 200 valence electrons. The van der Waals surface area contributed by atoms with E-state index in [4.69, 9.17) is 0 Å². The number of benzene rings is 2. The quantitative estimate of drug-likeness (QED) is 0.510. The van der Waals surface area contributed by atoms with Gasteiger partial charge in [0.2, 0.25) is 10.0 Å². The Labute approximate surface area is 218 Å². The van der Waals surface area contributed by atoms with Gasteiger partial charge in [-0.05, 0) is 100 Å². The maximum absolute atomic E-state index is 13.6. The zero-order chi connectivity index (χ0) is 26.8. The van der Waals surface area contributed by atoms with Gasteiger partial charge in [0.25, 0.3) is 0 Å². The van der Waals surface area contributed by atoms with Crippen LogP contribution in [0.1, 0.15) is 50.7 Å². The molecule has 2 aliphatic rings. The van der Waals surface area contributed by atoms with Crippen LogP contribution in [0, 0.1) is 5.82 Å². The van der Waals surface area contributed by atoms with E-state index in [1.165, 1.54) is 28.1 Å². The third-order valence-electron chi connectivity index (χ3n) is 8.07. The van der Waals surface area contributed by atoms with E-state index in [0.717, 1.165) is 42.1 Å². The van der Waals surface area contributed by atoms with Crippen molar-refractivity contribution in [1.82, 2.24) is 9.88 Å². The summed E-state index contributed by atoms with van der Waals surface area (Å²) >= 11 is 0. The summed E-state index contributed by atoms with van der Waals surface area (Å²) in [5.41, 5.74) is 3.32. The number of sulfone groups is 1. The van der Waals surface area contributed by atoms with E-state index in [2.05, 4.69) is 16.8 Å². The van der Waals surface area contributed by atoms with Crippen molar-refractivity contribution in [1.29, 1.82) is 0 Å². The third kappa shape index (κ3) is 4.68. The first kappa shape index (κ1) is 26.2. The predicted molar refractivity (Wildman–Crippen MR) is 145 cm³/mol. The van der Waals surface area contributed by atoms with Crippen molar-refractivity contribution in [3.8, 4) is 0 Å². The predicted octanol–water partition coefficient (Wildman–Crippen LogP) is 4.45. The van der Waals surface area contributed by atoms with Gasteiger partial charge in [-0.2, -0.15) is 0 Å². The summed E-state index contributed by atoms with van der Waals surface area (Å²) in [5.74, 6) is 0.0901. The molecule has 2 atom stereocenters. The minimum absolute atomic E-state index is 0.206. The lowest BCUT2D eigenvalue weighted by atomic mass is 9.85. The number of aromatic nitrogens is 1. The van der Waals surface area contributed by atoms with Gasteiger partial charge in [0.05, 0.1) is 15.3 Å². The number of rotatable bonds is 5. The Kier molecular flexibility index (Phi) is 6.44. The van der Waals surface area contributed by atoms with Crippen molar-refractivity contribution < 1.29 is 21.2 Å². The second-order valence-corrected chi connectivity index (χ2v) is 15.6. The van der Waals surface area contributed by atoms with Crippen LogP contribution in [0.4, 0.5) is 10.1 Å². The third-order valence-corrected chi connectivity index (χ3v) is 11.7. The van der Waals surface area contributed by atoms with Gasteiger partial charge in [0.1, 0.15) is 5.82 Å². The first-order valence-electron chi connectivity index (χ1n) is 12.6. The number of halogens is 1. The highest BCUT2D eigenvalue weighted by molar-refractivity contribution is 7.94. The largest absolute Gasteiger partial charge is 0.361 e. The summed E-state index contributed by atoms with van der Waals surface area (Å²) in [7, 11) is -7.03. The second-order valence-electron chi connectivity index (χ2n) is 11.1. The zero-order valence-corrected chi connectivity index (χ0v) is 23.3. The molecule has 2 aromatic carbocycles. The molecule has 0 aliphatic carbocycles. The molecule has 3 aromatic rings. The number of fused-ring (bicyclic) bond motifs is 2. The van der Waals surface area contributed by atoms with Gasteiger partial charge in [-0.15, -0.1) is 0 Å². The van der Waals surface area contributed by atoms with Crippen molar-refractivity contribution in [3.63, 3.8) is 0 Å². The van der Waals surface area contributed by atoms with Gasteiger partial charge in [-0.3, -0.25) is 9.21 Å². The average molecular weight is 548 g/mol. The molecule has 10 heteroatoms. The Balaban J connectivity index is 1.34. The standard InChI is InChI=1S/C27H34FN3O4S2/c1-18-13-19(24-17-29-25-15-21(28)5-7-23(24)25)9-10-30(18)11-12-31-26-8-6-22(36(4,32)33)14-20(26)16-27(2,3)37(31,34)35/h5-8,14-15,17-19,29H,9-13,16H2,1-4H3. The lowest BCUT2D eigenvalue weighted by Gasteiger charge is -2.42. The fraction of sp³-hybridized carbons (Fsp3) is 0.481. The smallest absolute Gasteiger partial charge is 0.240 e. The molecule has 0 spiro atoms. The first-order valence-corrected chi connectivity index (χ1v) is 16.0. The van der Waals surface area contributed by atoms with Crippen LogP contribution in [0.25, 0.3) is 10.9 Å². The summed E-state index contributed by atoms with van der Waals surface area (Å²) < 4.78 is 65.3. The molecule has 2 unspecified atom stereocenters. The Bertz CT molecular complexity index is 1560. The summed E-state index contributed by atoms with van der Waals surface area (Å²) in [6.45, 7) is 7.28. The number of piperidine rings is 1. The van der Waals surface area contributed by atoms with Crippen molar-refractivity contribution in [2.45, 2.75) is 61.6 Å². The molecule has 1 N–H and O–H groups in total. The van der Waals surface area contributed by atoms with Crippen LogP contribution in [-0.2, 0) is 26.3 Å². The lowest BCUT2D eigenvalue weighted by molar-refractivity contribution is 0.151. The highest BCUT2D eigenvalue weighted by Crippen LogP contribution is 2.40. The number of hydrogen-bond donors (Lipinski definition) is 1. The van der Waals surface area contributed by atoms with E-state index in [-0.39, 0.29) is 23.2 Å². The Morgan fingerprint density at radius 1 is 1.14 bits per heavy atom. The number of nitrogens with zero attached hydrogens (tertiary/aromatic N) is 2. The summed E-state index contributed by atoms with van der Waals surface area (Å²) in [6, 6.07) is 9.85. The molecule has 5 rings (SSSR count). The van der Waals surface area contributed by atoms with E-state index >= 15 is 0 Å². The number of anilines is 1. The summed E-state index contributed by atoms with van der Waals surface area (Å²) in [5, 5.41) is 1.05. The Morgan fingerprint density at radius 2 is 1.89 bits per heavy atom. The van der Waals surface area contributed by atoms with E-state index in [0.29, 0.717) is 24.7 Å². The molecule has 0 radical (unpaired) electrons. The number of likely N-dealkylation sites (tertiary alicyclic amines) is 1. The summed E-state index contributed by atoms with van der Waals surface area (Å²) in [4.78, 5) is 5.73. The molecule has 0 bridgehead atoms. The Morgan fingerprint density at radius 3 is 2.59 bits per heavy atom. The van der Waals surface area contributed by atoms with Crippen molar-refractivity contribution >= 4 is 36.5 Å².